The zero-order chi connectivity index (χ0) is 17.3. The summed E-state index contributed by atoms with van der Waals surface area (Å²) in [5.74, 6) is 1.47. The number of rotatable bonds is 5. The predicted molar refractivity (Wildman–Crippen MR) is 95.3 cm³/mol. The second-order valence-corrected chi connectivity index (χ2v) is 8.27. The summed E-state index contributed by atoms with van der Waals surface area (Å²) in [4.78, 5) is 28.1. The van der Waals surface area contributed by atoms with Crippen molar-refractivity contribution in [2.45, 2.75) is 30.7 Å². The van der Waals surface area contributed by atoms with E-state index in [1.54, 1.807) is 52.9 Å². The molecule has 2 aliphatic rings. The van der Waals surface area contributed by atoms with Gasteiger partial charge < -0.3 is 14.5 Å². The summed E-state index contributed by atoms with van der Waals surface area (Å²) in [7, 11) is 1.76. The van der Waals surface area contributed by atoms with E-state index in [1.807, 2.05) is 0 Å². The zero-order valence-corrected chi connectivity index (χ0v) is 15.4. The average Bonchev–Trinajstić information content (AvgIpc) is 3.05. The number of benzene rings is 1. The molecular formula is C17H21ClN2O3S. The molecule has 0 N–H and O–H groups in total. The first-order chi connectivity index (χ1) is 11.4. The fourth-order valence-electron chi connectivity index (χ4n) is 3.20. The Morgan fingerprint density at radius 2 is 2.17 bits per heavy atom. The van der Waals surface area contributed by atoms with Crippen LogP contribution in [0.25, 0.3) is 0 Å². The molecule has 0 saturated carbocycles. The molecule has 2 heterocycles. The van der Waals surface area contributed by atoms with E-state index in [4.69, 9.17) is 16.3 Å². The number of hydrogen-bond acceptors (Lipinski definition) is 4. The second kappa shape index (κ2) is 6.84. The van der Waals surface area contributed by atoms with Crippen LogP contribution in [0.4, 0.5) is 0 Å². The number of carbonyl (C=O) groups excluding carboxylic acids is 2. The van der Waals surface area contributed by atoms with Crippen LogP contribution < -0.4 is 4.74 Å². The van der Waals surface area contributed by atoms with Crippen molar-refractivity contribution >= 4 is 35.2 Å². The molecule has 0 aliphatic carbocycles. The lowest BCUT2D eigenvalue weighted by Gasteiger charge is -2.31. The van der Waals surface area contributed by atoms with E-state index in [2.05, 4.69) is 6.92 Å². The summed E-state index contributed by atoms with van der Waals surface area (Å²) in [5, 5.41) is 0.659. The molecule has 0 radical (unpaired) electrons. The van der Waals surface area contributed by atoms with Crippen LogP contribution in [0.15, 0.2) is 24.3 Å². The maximum Gasteiger partial charge on any atom is 0.246 e. The number of thioether (sulfide) groups is 1. The number of nitrogens with zero attached hydrogens (tertiary/aromatic N) is 2. The molecule has 1 aromatic rings. The van der Waals surface area contributed by atoms with Gasteiger partial charge in [-0.2, -0.15) is 0 Å². The highest BCUT2D eigenvalue weighted by molar-refractivity contribution is 8.01. The van der Waals surface area contributed by atoms with Crippen LogP contribution in [0.5, 0.6) is 5.75 Å². The summed E-state index contributed by atoms with van der Waals surface area (Å²) in [5.41, 5.74) is 0. The van der Waals surface area contributed by atoms with E-state index < -0.39 is 0 Å². The van der Waals surface area contributed by atoms with Crippen molar-refractivity contribution < 1.29 is 14.3 Å². The molecule has 2 aliphatic heterocycles. The number of ether oxygens (including phenoxy) is 1. The quantitative estimate of drug-likeness (QED) is 0.801. The lowest BCUT2D eigenvalue weighted by atomic mass is 10.2. The molecule has 0 aromatic heterocycles. The third kappa shape index (κ3) is 3.35. The Labute approximate surface area is 151 Å². The van der Waals surface area contributed by atoms with E-state index in [0.29, 0.717) is 30.3 Å². The molecule has 3 rings (SSSR count). The molecule has 2 saturated heterocycles. The Bertz CT molecular complexity index is 639. The smallest absolute Gasteiger partial charge is 0.246 e. The van der Waals surface area contributed by atoms with Crippen molar-refractivity contribution in [1.82, 2.24) is 9.80 Å². The molecule has 0 spiro atoms. The van der Waals surface area contributed by atoms with Crippen molar-refractivity contribution in [2.75, 3.05) is 26.0 Å². The van der Waals surface area contributed by atoms with Crippen LogP contribution >= 0.6 is 23.4 Å². The third-order valence-electron chi connectivity index (χ3n) is 4.62. The Morgan fingerprint density at radius 1 is 1.46 bits per heavy atom. The second-order valence-electron chi connectivity index (χ2n) is 6.33. The molecule has 7 heteroatoms. The first kappa shape index (κ1) is 17.4. The Hall–Kier alpha value is -1.40. The van der Waals surface area contributed by atoms with E-state index in [9.17, 15) is 9.59 Å². The highest BCUT2D eigenvalue weighted by atomic mass is 35.5. The predicted octanol–water partition coefficient (Wildman–Crippen LogP) is 2.63. The Morgan fingerprint density at radius 3 is 2.88 bits per heavy atom. The van der Waals surface area contributed by atoms with E-state index >= 15 is 0 Å². The number of amides is 2. The third-order valence-corrected chi connectivity index (χ3v) is 6.37. The summed E-state index contributed by atoms with van der Waals surface area (Å²) in [6.07, 6.45) is 1.36. The monoisotopic (exact) mass is 368 g/mol. The Kier molecular flexibility index (Phi) is 4.97. The van der Waals surface area contributed by atoms with Crippen molar-refractivity contribution in [2.24, 2.45) is 0 Å². The summed E-state index contributed by atoms with van der Waals surface area (Å²) < 4.78 is 5.63. The molecule has 0 bridgehead atoms. The lowest BCUT2D eigenvalue weighted by Crippen LogP contribution is -2.51. The van der Waals surface area contributed by atoms with Crippen LogP contribution in [0.3, 0.4) is 0 Å². The molecule has 1 aromatic carbocycles. The van der Waals surface area contributed by atoms with E-state index in [-0.39, 0.29) is 22.7 Å². The van der Waals surface area contributed by atoms with Gasteiger partial charge in [-0.05, 0) is 37.6 Å². The van der Waals surface area contributed by atoms with Crippen LogP contribution in [-0.4, -0.2) is 58.5 Å². The number of carbonyl (C=O) groups is 2. The maximum absolute atomic E-state index is 12.7. The largest absolute Gasteiger partial charge is 0.492 e. The van der Waals surface area contributed by atoms with Gasteiger partial charge in [-0.25, -0.2) is 0 Å². The van der Waals surface area contributed by atoms with Gasteiger partial charge in [0.05, 0.1) is 11.4 Å². The Balaban J connectivity index is 1.53. The summed E-state index contributed by atoms with van der Waals surface area (Å²) >= 11 is 7.54. The first-order valence-electron chi connectivity index (χ1n) is 8.00. The minimum atomic E-state index is -0.351. The molecular weight excluding hydrogens is 348 g/mol. The number of halogens is 1. The van der Waals surface area contributed by atoms with Gasteiger partial charge in [0.25, 0.3) is 0 Å². The van der Waals surface area contributed by atoms with Gasteiger partial charge in [0, 0.05) is 24.2 Å². The van der Waals surface area contributed by atoms with Gasteiger partial charge in [0.2, 0.25) is 11.8 Å². The zero-order valence-electron chi connectivity index (χ0n) is 13.8. The number of fused-ring (bicyclic) bond motifs is 1. The average molecular weight is 369 g/mol. The highest BCUT2D eigenvalue weighted by Crippen LogP contribution is 2.47. The fourth-order valence-corrected chi connectivity index (χ4v) is 4.75. The molecule has 2 fully saturated rings. The maximum atomic E-state index is 12.7. The molecule has 130 valence electrons. The summed E-state index contributed by atoms with van der Waals surface area (Å²) in [6, 6.07) is 6.77. The number of likely N-dealkylation sites (N-methyl/N-ethyl adjacent to an activating group) is 1. The van der Waals surface area contributed by atoms with Crippen molar-refractivity contribution in [3.63, 3.8) is 0 Å². The SMILES string of the molecule is CN(CCOc1ccc(Cl)cc1)C(=O)[C@H]1CS[C@]2(C)CCC(=O)N12. The van der Waals surface area contributed by atoms with Crippen molar-refractivity contribution in [3.05, 3.63) is 29.3 Å². The van der Waals surface area contributed by atoms with Crippen LogP contribution in [0.1, 0.15) is 19.8 Å². The molecule has 24 heavy (non-hydrogen) atoms. The summed E-state index contributed by atoms with van der Waals surface area (Å²) in [6.45, 7) is 2.93. The van der Waals surface area contributed by atoms with Gasteiger partial charge in [0.1, 0.15) is 18.4 Å². The van der Waals surface area contributed by atoms with Gasteiger partial charge in [0.15, 0.2) is 0 Å². The van der Waals surface area contributed by atoms with E-state index in [0.717, 1.165) is 12.2 Å². The van der Waals surface area contributed by atoms with E-state index in [1.165, 1.54) is 0 Å². The minimum absolute atomic E-state index is 0.0128. The number of hydrogen-bond donors (Lipinski definition) is 0. The van der Waals surface area contributed by atoms with Crippen LogP contribution in [0.2, 0.25) is 5.02 Å². The highest BCUT2D eigenvalue weighted by Gasteiger charge is 2.53. The fraction of sp³-hybridized carbons (Fsp3) is 0.529. The van der Waals surface area contributed by atoms with Crippen LogP contribution in [-0.2, 0) is 9.59 Å². The molecule has 0 unspecified atom stereocenters. The normalized spacial score (nSPS) is 25.7. The molecule has 2 amide bonds. The van der Waals surface area contributed by atoms with Gasteiger partial charge in [-0.1, -0.05) is 11.6 Å². The van der Waals surface area contributed by atoms with Crippen molar-refractivity contribution in [1.29, 1.82) is 0 Å². The van der Waals surface area contributed by atoms with Gasteiger partial charge in [-0.15, -0.1) is 11.8 Å². The minimum Gasteiger partial charge on any atom is -0.492 e. The first-order valence-corrected chi connectivity index (χ1v) is 9.36. The topological polar surface area (TPSA) is 49.9 Å². The van der Waals surface area contributed by atoms with Crippen LogP contribution in [0, 0.1) is 0 Å². The standard InChI is InChI=1S/C17H21ClN2O3S/c1-17-8-7-15(21)20(17)14(11-24-17)16(22)19(2)9-10-23-13-5-3-12(18)4-6-13/h3-6,14H,7-11H2,1-2H3/t14-,17-/m1/s1. The van der Waals surface area contributed by atoms with Crippen molar-refractivity contribution in [3.8, 4) is 5.75 Å². The lowest BCUT2D eigenvalue weighted by molar-refractivity contribution is -0.143. The van der Waals surface area contributed by atoms with Gasteiger partial charge >= 0.3 is 0 Å². The van der Waals surface area contributed by atoms with Gasteiger partial charge in [-0.3, -0.25) is 9.59 Å². The molecule has 5 nitrogen and oxygen atoms in total. The molecule has 2 atom stereocenters.